The second-order valence-corrected chi connectivity index (χ2v) is 10.3. The van der Waals surface area contributed by atoms with Crippen molar-refractivity contribution >= 4 is 29.1 Å². The molecule has 3 aromatic carbocycles. The van der Waals surface area contributed by atoms with Crippen LogP contribution in [0.2, 0.25) is 0 Å². The fourth-order valence-electron chi connectivity index (χ4n) is 4.02. The zero-order valence-electron chi connectivity index (χ0n) is 17.8. The van der Waals surface area contributed by atoms with Gasteiger partial charge in [-0.25, -0.2) is 18.6 Å². The number of carbonyl (C=O) groups is 1. The van der Waals surface area contributed by atoms with E-state index in [9.17, 15) is 13.6 Å². The maximum atomic E-state index is 13.6. The van der Waals surface area contributed by atoms with E-state index in [2.05, 4.69) is 0 Å². The minimum atomic E-state index is -1.02. The molecule has 172 valence electrons. The highest BCUT2D eigenvalue weighted by Gasteiger charge is 2.26. The van der Waals surface area contributed by atoms with Crippen LogP contribution in [0.25, 0.3) is 11.3 Å². The van der Waals surface area contributed by atoms with Gasteiger partial charge in [0.1, 0.15) is 17.4 Å². The SMILES string of the molecule is O=C(O)COc1cccc2c1CCc1sc(SC(c3ccc(F)cc3)c3ccc(F)cc3)nc1-2. The van der Waals surface area contributed by atoms with Crippen molar-refractivity contribution in [1.29, 1.82) is 0 Å². The van der Waals surface area contributed by atoms with Crippen molar-refractivity contribution in [3.05, 3.63) is 99.9 Å². The third kappa shape index (κ3) is 4.69. The van der Waals surface area contributed by atoms with Gasteiger partial charge in [0.05, 0.1) is 10.9 Å². The number of thiazole rings is 1. The molecule has 0 aliphatic heterocycles. The number of benzene rings is 3. The Bertz CT molecular complexity index is 1290. The lowest BCUT2D eigenvalue weighted by Crippen LogP contribution is -2.12. The van der Waals surface area contributed by atoms with Gasteiger partial charge in [-0.05, 0) is 54.3 Å². The monoisotopic (exact) mass is 495 g/mol. The summed E-state index contributed by atoms with van der Waals surface area (Å²) >= 11 is 3.16. The van der Waals surface area contributed by atoms with Gasteiger partial charge in [-0.3, -0.25) is 0 Å². The summed E-state index contributed by atoms with van der Waals surface area (Å²) in [5.74, 6) is -1.07. The topological polar surface area (TPSA) is 59.4 Å². The highest BCUT2D eigenvalue weighted by Crippen LogP contribution is 2.47. The molecule has 4 aromatic rings. The van der Waals surface area contributed by atoms with Crippen LogP contribution in [0, 0.1) is 11.6 Å². The Morgan fingerprint density at radius 2 is 1.65 bits per heavy atom. The molecular formula is C26H19F2NO3S2. The van der Waals surface area contributed by atoms with Crippen molar-refractivity contribution in [2.75, 3.05) is 6.61 Å². The predicted molar refractivity (Wildman–Crippen MR) is 129 cm³/mol. The summed E-state index contributed by atoms with van der Waals surface area (Å²) in [6, 6.07) is 18.3. The van der Waals surface area contributed by atoms with E-state index in [1.807, 2.05) is 12.1 Å². The van der Waals surface area contributed by atoms with Crippen LogP contribution in [0.1, 0.15) is 26.8 Å². The number of carboxylic acid groups (broad SMARTS) is 1. The summed E-state index contributed by atoms with van der Waals surface area (Å²) < 4.78 is 33.5. The fraction of sp³-hybridized carbons (Fsp3) is 0.154. The first-order chi connectivity index (χ1) is 16.5. The van der Waals surface area contributed by atoms with Crippen LogP contribution in [0.15, 0.2) is 71.1 Å². The van der Waals surface area contributed by atoms with Gasteiger partial charge in [0.25, 0.3) is 0 Å². The van der Waals surface area contributed by atoms with Crippen molar-refractivity contribution in [1.82, 2.24) is 4.98 Å². The number of fused-ring (bicyclic) bond motifs is 3. The summed E-state index contributed by atoms with van der Waals surface area (Å²) in [5.41, 5.74) is 4.59. The van der Waals surface area contributed by atoms with Gasteiger partial charge >= 0.3 is 5.97 Å². The molecule has 5 rings (SSSR count). The molecule has 1 aliphatic carbocycles. The number of nitrogens with zero attached hydrogens (tertiary/aromatic N) is 1. The molecule has 0 saturated carbocycles. The molecule has 0 amide bonds. The average molecular weight is 496 g/mol. The Hall–Kier alpha value is -3.23. The van der Waals surface area contributed by atoms with Crippen LogP contribution in [0.5, 0.6) is 5.75 Å². The number of aromatic nitrogens is 1. The van der Waals surface area contributed by atoms with Gasteiger partial charge in [0.15, 0.2) is 10.9 Å². The normalized spacial score (nSPS) is 12.3. The molecule has 0 unspecified atom stereocenters. The van der Waals surface area contributed by atoms with Crippen LogP contribution < -0.4 is 4.74 Å². The minimum absolute atomic E-state index is 0.182. The van der Waals surface area contributed by atoms with Crippen molar-refractivity contribution in [3.8, 4) is 17.0 Å². The second-order valence-electron chi connectivity index (χ2n) is 7.82. The molecule has 1 N–H and O–H groups in total. The summed E-state index contributed by atoms with van der Waals surface area (Å²) in [6.45, 7) is -0.390. The molecule has 34 heavy (non-hydrogen) atoms. The zero-order valence-corrected chi connectivity index (χ0v) is 19.5. The van der Waals surface area contributed by atoms with Crippen LogP contribution in [-0.4, -0.2) is 22.7 Å². The number of hydrogen-bond donors (Lipinski definition) is 1. The summed E-state index contributed by atoms with van der Waals surface area (Å²) in [5, 5.41) is 8.78. The predicted octanol–water partition coefficient (Wildman–Crippen LogP) is 6.53. The number of rotatable bonds is 7. The first-order valence-electron chi connectivity index (χ1n) is 10.6. The largest absolute Gasteiger partial charge is 0.482 e. The van der Waals surface area contributed by atoms with Gasteiger partial charge in [-0.1, -0.05) is 48.2 Å². The van der Waals surface area contributed by atoms with E-state index in [0.717, 1.165) is 50.0 Å². The molecule has 0 fully saturated rings. The lowest BCUT2D eigenvalue weighted by molar-refractivity contribution is -0.139. The van der Waals surface area contributed by atoms with Crippen molar-refractivity contribution in [3.63, 3.8) is 0 Å². The van der Waals surface area contributed by atoms with Crippen LogP contribution in [-0.2, 0) is 17.6 Å². The maximum absolute atomic E-state index is 13.6. The lowest BCUT2D eigenvalue weighted by atomic mass is 9.93. The summed E-state index contributed by atoms with van der Waals surface area (Å²) in [7, 11) is 0. The Labute approximate surface area is 203 Å². The maximum Gasteiger partial charge on any atom is 0.341 e. The van der Waals surface area contributed by atoms with Gasteiger partial charge in [-0.2, -0.15) is 0 Å². The number of halogens is 2. The third-order valence-corrected chi connectivity index (χ3v) is 8.10. The second kappa shape index (κ2) is 9.56. The molecule has 0 bridgehead atoms. The molecule has 0 spiro atoms. The lowest BCUT2D eigenvalue weighted by Gasteiger charge is -2.18. The van der Waals surface area contributed by atoms with Gasteiger partial charge in [-0.15, -0.1) is 11.3 Å². The third-order valence-electron chi connectivity index (χ3n) is 5.58. The number of thioether (sulfide) groups is 1. The molecule has 1 aromatic heterocycles. The molecule has 4 nitrogen and oxygen atoms in total. The van der Waals surface area contributed by atoms with Crippen LogP contribution >= 0.6 is 23.1 Å². The summed E-state index contributed by atoms with van der Waals surface area (Å²) in [6.07, 6.45) is 1.52. The standard InChI is InChI=1S/C26H19F2NO3S2/c27-17-8-4-15(5-9-17)25(16-6-10-18(28)11-7-16)34-26-29-24-20-2-1-3-21(32-14-23(30)31)19(20)12-13-22(24)33-26/h1-11,25H,12-14H2,(H,30,31). The van der Waals surface area contributed by atoms with E-state index in [1.54, 1.807) is 53.4 Å². The zero-order chi connectivity index (χ0) is 23.7. The molecule has 0 radical (unpaired) electrons. The Morgan fingerprint density at radius 3 is 2.26 bits per heavy atom. The first-order valence-corrected chi connectivity index (χ1v) is 12.3. The van der Waals surface area contributed by atoms with Gasteiger partial charge in [0, 0.05) is 16.0 Å². The van der Waals surface area contributed by atoms with E-state index in [0.29, 0.717) is 5.75 Å². The van der Waals surface area contributed by atoms with E-state index < -0.39 is 12.6 Å². The quantitative estimate of drug-likeness (QED) is 0.295. The van der Waals surface area contributed by atoms with Gasteiger partial charge in [0.2, 0.25) is 0 Å². The van der Waals surface area contributed by atoms with E-state index in [-0.39, 0.29) is 16.9 Å². The number of aryl methyl sites for hydroxylation is 1. The number of aliphatic carboxylic acids is 1. The van der Waals surface area contributed by atoms with Gasteiger partial charge < -0.3 is 9.84 Å². The Balaban J connectivity index is 1.48. The van der Waals surface area contributed by atoms with Crippen molar-refractivity contribution in [2.45, 2.75) is 22.4 Å². The fourth-order valence-corrected chi connectivity index (χ4v) is 6.54. The molecule has 8 heteroatoms. The molecular weight excluding hydrogens is 476 g/mol. The first kappa shape index (κ1) is 22.6. The highest BCUT2D eigenvalue weighted by molar-refractivity contribution is 8.01. The van der Waals surface area contributed by atoms with E-state index in [1.165, 1.54) is 24.3 Å². The van der Waals surface area contributed by atoms with Crippen molar-refractivity contribution in [2.24, 2.45) is 0 Å². The smallest absolute Gasteiger partial charge is 0.341 e. The molecule has 0 atom stereocenters. The molecule has 1 aliphatic rings. The average Bonchev–Trinajstić information content (AvgIpc) is 3.26. The molecule has 1 heterocycles. The number of ether oxygens (including phenoxy) is 1. The van der Waals surface area contributed by atoms with Crippen LogP contribution in [0.3, 0.4) is 0 Å². The highest BCUT2D eigenvalue weighted by atomic mass is 32.2. The summed E-state index contributed by atoms with van der Waals surface area (Å²) in [4.78, 5) is 17.0. The number of hydrogen-bond acceptors (Lipinski definition) is 5. The number of carboxylic acids is 1. The van der Waals surface area contributed by atoms with Crippen molar-refractivity contribution < 1.29 is 23.4 Å². The Kier molecular flexibility index (Phi) is 6.34. The molecule has 0 saturated heterocycles. The Morgan fingerprint density at radius 1 is 1.00 bits per heavy atom. The van der Waals surface area contributed by atoms with Crippen LogP contribution in [0.4, 0.5) is 8.78 Å². The minimum Gasteiger partial charge on any atom is -0.482 e. The van der Waals surface area contributed by atoms with E-state index in [4.69, 9.17) is 14.8 Å². The van der Waals surface area contributed by atoms with E-state index >= 15 is 0 Å².